The molecule has 6 nitrogen and oxygen atoms in total. The number of rotatable bonds is 5. The topological polar surface area (TPSA) is 98.8 Å². The zero-order valence-corrected chi connectivity index (χ0v) is 16.4. The third kappa shape index (κ3) is 5.53. The second-order valence-electron chi connectivity index (χ2n) is 5.61. The van der Waals surface area contributed by atoms with E-state index in [2.05, 4.69) is 20.5 Å². The fourth-order valence-electron chi connectivity index (χ4n) is 2.44. The smallest absolute Gasteiger partial charge is 0.209 e. The zero-order valence-electron chi connectivity index (χ0n) is 14.1. The van der Waals surface area contributed by atoms with Crippen LogP contribution in [0.15, 0.2) is 52.7 Å². The van der Waals surface area contributed by atoms with Crippen molar-refractivity contribution >= 4 is 58.7 Å². The van der Waals surface area contributed by atoms with E-state index >= 15 is 0 Å². The van der Waals surface area contributed by atoms with Crippen molar-refractivity contribution in [2.24, 2.45) is 15.8 Å². The molecule has 0 amide bonds. The number of hydrogen-bond donors (Lipinski definition) is 4. The SMILES string of the molecule is Cl.NC(=NCCc1ccc(Cl)c(Cl)c1)N/N=C/c1c[nH]c2ccc(O)cc12. The van der Waals surface area contributed by atoms with Gasteiger partial charge < -0.3 is 15.8 Å². The molecule has 27 heavy (non-hydrogen) atoms. The van der Waals surface area contributed by atoms with Gasteiger partial charge in [-0.3, -0.25) is 4.99 Å². The first kappa shape index (κ1) is 20.9. The molecule has 9 heteroatoms. The minimum absolute atomic E-state index is 0. The maximum atomic E-state index is 9.58. The van der Waals surface area contributed by atoms with Crippen LogP contribution in [0.3, 0.4) is 0 Å². The van der Waals surface area contributed by atoms with Gasteiger partial charge in [-0.1, -0.05) is 29.3 Å². The number of benzene rings is 2. The number of aliphatic imine (C=N–C) groups is 1. The first-order valence-electron chi connectivity index (χ1n) is 7.86. The van der Waals surface area contributed by atoms with Crippen LogP contribution in [0.1, 0.15) is 11.1 Å². The van der Waals surface area contributed by atoms with Crippen molar-refractivity contribution in [3.8, 4) is 5.75 Å². The maximum absolute atomic E-state index is 9.58. The van der Waals surface area contributed by atoms with Crippen LogP contribution in [0.2, 0.25) is 10.0 Å². The number of halogens is 3. The Labute approximate surface area is 172 Å². The number of aromatic nitrogens is 1. The number of fused-ring (bicyclic) bond motifs is 1. The second-order valence-corrected chi connectivity index (χ2v) is 6.42. The van der Waals surface area contributed by atoms with Crippen molar-refractivity contribution in [1.82, 2.24) is 10.4 Å². The Morgan fingerprint density at radius 3 is 2.78 bits per heavy atom. The molecule has 0 radical (unpaired) electrons. The summed E-state index contributed by atoms with van der Waals surface area (Å²) in [7, 11) is 0. The van der Waals surface area contributed by atoms with Crippen molar-refractivity contribution in [1.29, 1.82) is 0 Å². The minimum atomic E-state index is 0. The van der Waals surface area contributed by atoms with Gasteiger partial charge in [0.05, 0.1) is 16.3 Å². The number of phenols is 1. The van der Waals surface area contributed by atoms with Gasteiger partial charge in [-0.2, -0.15) is 5.10 Å². The Morgan fingerprint density at radius 2 is 2.00 bits per heavy atom. The Balaban J connectivity index is 0.00000261. The normalized spacial score (nSPS) is 11.7. The molecule has 0 fully saturated rings. The number of aromatic amines is 1. The van der Waals surface area contributed by atoms with Crippen molar-refractivity contribution < 1.29 is 5.11 Å². The number of aromatic hydroxyl groups is 1. The highest BCUT2D eigenvalue weighted by Gasteiger charge is 2.02. The van der Waals surface area contributed by atoms with Crippen LogP contribution in [-0.4, -0.2) is 28.8 Å². The number of hydrogen-bond acceptors (Lipinski definition) is 3. The molecule has 0 saturated heterocycles. The molecule has 0 aliphatic heterocycles. The predicted octanol–water partition coefficient (Wildman–Crippen LogP) is 4.08. The van der Waals surface area contributed by atoms with Gasteiger partial charge in [-0.05, 0) is 42.3 Å². The minimum Gasteiger partial charge on any atom is -0.508 e. The van der Waals surface area contributed by atoms with Gasteiger partial charge in [0.1, 0.15) is 5.75 Å². The van der Waals surface area contributed by atoms with E-state index in [-0.39, 0.29) is 24.1 Å². The molecule has 0 atom stereocenters. The van der Waals surface area contributed by atoms with Crippen LogP contribution >= 0.6 is 35.6 Å². The van der Waals surface area contributed by atoms with Crippen LogP contribution in [0.4, 0.5) is 0 Å². The summed E-state index contributed by atoms with van der Waals surface area (Å²) >= 11 is 11.9. The van der Waals surface area contributed by atoms with Gasteiger partial charge in [0, 0.05) is 29.2 Å². The largest absolute Gasteiger partial charge is 0.508 e. The Hall–Kier alpha value is -2.41. The molecule has 3 rings (SSSR count). The number of nitrogens with one attached hydrogen (secondary N) is 2. The maximum Gasteiger partial charge on any atom is 0.209 e. The molecule has 0 bridgehead atoms. The molecule has 1 aromatic heterocycles. The molecule has 2 aromatic carbocycles. The number of phenolic OH excluding ortho intramolecular Hbond substituents is 1. The quantitative estimate of drug-likeness (QED) is 0.281. The van der Waals surface area contributed by atoms with Crippen LogP contribution in [0.25, 0.3) is 10.9 Å². The number of H-pyrrole nitrogens is 1. The lowest BCUT2D eigenvalue weighted by atomic mass is 10.1. The van der Waals surface area contributed by atoms with Gasteiger partial charge in [0.2, 0.25) is 5.96 Å². The molecule has 142 valence electrons. The van der Waals surface area contributed by atoms with Crippen LogP contribution < -0.4 is 11.2 Å². The van der Waals surface area contributed by atoms with E-state index < -0.39 is 0 Å². The van der Waals surface area contributed by atoms with E-state index in [4.69, 9.17) is 28.9 Å². The molecular weight excluding hydrogens is 409 g/mol. The Bertz CT molecular complexity index is 984. The number of guanidine groups is 1. The van der Waals surface area contributed by atoms with E-state index in [1.54, 1.807) is 36.7 Å². The fraction of sp³-hybridized carbons (Fsp3) is 0.111. The van der Waals surface area contributed by atoms with Gasteiger partial charge in [-0.15, -0.1) is 12.4 Å². The summed E-state index contributed by atoms with van der Waals surface area (Å²) in [5.74, 6) is 0.409. The highest BCUT2D eigenvalue weighted by molar-refractivity contribution is 6.42. The zero-order chi connectivity index (χ0) is 18.5. The molecule has 0 aliphatic carbocycles. The Morgan fingerprint density at radius 1 is 1.19 bits per heavy atom. The monoisotopic (exact) mass is 425 g/mol. The van der Waals surface area contributed by atoms with Gasteiger partial charge >= 0.3 is 0 Å². The van der Waals surface area contributed by atoms with E-state index in [0.29, 0.717) is 23.0 Å². The van der Waals surface area contributed by atoms with Crippen LogP contribution in [0.5, 0.6) is 5.75 Å². The third-order valence-corrected chi connectivity index (χ3v) is 4.49. The average Bonchev–Trinajstić information content (AvgIpc) is 3.00. The fourth-order valence-corrected chi connectivity index (χ4v) is 2.76. The standard InChI is InChI=1S/C18H17Cl2N5O.ClH/c19-15-3-1-11(7-16(15)20)5-6-22-18(21)25-24-10-12-9-23-17-4-2-13(26)8-14(12)17;/h1-4,7-10,23,26H,5-6H2,(H3,21,22,25);1H/b24-10+;. The lowest BCUT2D eigenvalue weighted by Crippen LogP contribution is -2.27. The number of nitrogens with two attached hydrogens (primary N) is 1. The summed E-state index contributed by atoms with van der Waals surface area (Å²) in [6, 6.07) is 10.6. The van der Waals surface area contributed by atoms with E-state index in [1.165, 1.54) is 0 Å². The summed E-state index contributed by atoms with van der Waals surface area (Å²) < 4.78 is 0. The van der Waals surface area contributed by atoms with Crippen molar-refractivity contribution in [2.75, 3.05) is 6.54 Å². The Kier molecular flexibility index (Phi) is 7.36. The summed E-state index contributed by atoms with van der Waals surface area (Å²) in [5, 5.41) is 15.6. The molecule has 0 unspecified atom stereocenters. The average molecular weight is 427 g/mol. The molecule has 3 aromatic rings. The van der Waals surface area contributed by atoms with Crippen LogP contribution in [0, 0.1) is 0 Å². The van der Waals surface area contributed by atoms with Gasteiger partial charge in [0.25, 0.3) is 0 Å². The molecule has 0 saturated carbocycles. The van der Waals surface area contributed by atoms with Crippen molar-refractivity contribution in [3.63, 3.8) is 0 Å². The summed E-state index contributed by atoms with van der Waals surface area (Å²) in [6.45, 7) is 0.493. The lowest BCUT2D eigenvalue weighted by Gasteiger charge is -2.02. The summed E-state index contributed by atoms with van der Waals surface area (Å²) in [5.41, 5.74) is 11.2. The van der Waals surface area contributed by atoms with E-state index in [9.17, 15) is 5.11 Å². The van der Waals surface area contributed by atoms with Crippen LogP contribution in [-0.2, 0) is 6.42 Å². The van der Waals surface area contributed by atoms with Gasteiger partial charge in [0.15, 0.2) is 0 Å². The predicted molar refractivity (Wildman–Crippen MR) is 115 cm³/mol. The molecule has 0 spiro atoms. The number of hydrazone groups is 1. The molecule has 1 heterocycles. The van der Waals surface area contributed by atoms with E-state index in [0.717, 1.165) is 22.0 Å². The summed E-state index contributed by atoms with van der Waals surface area (Å²) in [4.78, 5) is 7.32. The van der Waals surface area contributed by atoms with Crippen molar-refractivity contribution in [2.45, 2.75) is 6.42 Å². The lowest BCUT2D eigenvalue weighted by molar-refractivity contribution is 0.476. The number of nitrogens with zero attached hydrogens (tertiary/aromatic N) is 2. The highest BCUT2D eigenvalue weighted by atomic mass is 35.5. The molecule has 5 N–H and O–H groups in total. The molecule has 0 aliphatic rings. The first-order chi connectivity index (χ1) is 12.5. The summed E-state index contributed by atoms with van der Waals surface area (Å²) in [6.07, 6.45) is 4.09. The molecular formula is C18H18Cl3N5O. The second kappa shape index (κ2) is 9.50. The van der Waals surface area contributed by atoms with E-state index in [1.807, 2.05) is 12.1 Å². The van der Waals surface area contributed by atoms with Gasteiger partial charge in [-0.25, -0.2) is 5.43 Å². The third-order valence-electron chi connectivity index (χ3n) is 3.75. The highest BCUT2D eigenvalue weighted by Crippen LogP contribution is 2.23. The van der Waals surface area contributed by atoms with Crippen molar-refractivity contribution in [3.05, 3.63) is 63.8 Å². The first-order valence-corrected chi connectivity index (χ1v) is 8.61.